The molecule has 0 fully saturated rings. The topological polar surface area (TPSA) is 50.4 Å². The highest BCUT2D eigenvalue weighted by Crippen LogP contribution is 2.25. The number of nitrogens with one attached hydrogen (secondary N) is 2. The summed E-state index contributed by atoms with van der Waals surface area (Å²) in [6.07, 6.45) is -0.384. The molecule has 1 aliphatic rings. The minimum absolute atomic E-state index is 0.0165. The number of anilines is 1. The van der Waals surface area contributed by atoms with Crippen LogP contribution >= 0.6 is 0 Å². The van der Waals surface area contributed by atoms with Gasteiger partial charge in [-0.3, -0.25) is 4.79 Å². The molecule has 0 bridgehead atoms. The average molecular weight is 332 g/mol. The highest BCUT2D eigenvalue weighted by Gasteiger charge is 2.21. The summed E-state index contributed by atoms with van der Waals surface area (Å²) in [6.45, 7) is 2.81. The van der Waals surface area contributed by atoms with E-state index in [4.69, 9.17) is 4.74 Å². The lowest BCUT2D eigenvalue weighted by Crippen LogP contribution is -2.31. The molecule has 126 valence electrons. The molecule has 24 heavy (non-hydrogen) atoms. The molecule has 6 heteroatoms. The second kappa shape index (κ2) is 6.97. The molecule has 0 aromatic heterocycles. The van der Waals surface area contributed by atoms with Crippen LogP contribution in [0.1, 0.15) is 18.1 Å². The number of hydrogen-bond donors (Lipinski definition) is 2. The second-order valence-electron chi connectivity index (χ2n) is 5.67. The molecule has 0 radical (unpaired) electrons. The van der Waals surface area contributed by atoms with Crippen LogP contribution < -0.4 is 15.4 Å². The summed E-state index contributed by atoms with van der Waals surface area (Å²) >= 11 is 0. The third-order valence-electron chi connectivity index (χ3n) is 3.97. The molecule has 0 aliphatic carbocycles. The maximum absolute atomic E-state index is 14.5. The number of halogens is 2. The number of fused-ring (bicyclic) bond motifs is 1. The van der Waals surface area contributed by atoms with E-state index < -0.39 is 23.6 Å². The van der Waals surface area contributed by atoms with E-state index in [1.54, 1.807) is 12.1 Å². The molecular formula is C18H18F2N2O2. The molecule has 1 aliphatic heterocycles. The standard InChI is InChI=1S/C18H18F2N2O2/c1-11(24-16-5-3-2-4-14(16)19)18(23)22-15-7-6-12-10-21-9-8-13(12)17(15)20/h2-7,11,21H,8-10H2,1H3,(H,22,23). The van der Waals surface area contributed by atoms with Gasteiger partial charge in [-0.25, -0.2) is 8.78 Å². The molecule has 0 spiro atoms. The summed E-state index contributed by atoms with van der Waals surface area (Å²) in [4.78, 5) is 12.2. The summed E-state index contributed by atoms with van der Waals surface area (Å²) in [5.74, 6) is -1.52. The van der Waals surface area contributed by atoms with Gasteiger partial charge in [-0.2, -0.15) is 0 Å². The van der Waals surface area contributed by atoms with Crippen molar-refractivity contribution in [2.75, 3.05) is 11.9 Å². The number of carbonyl (C=O) groups is 1. The third kappa shape index (κ3) is 3.38. The Kier molecular flexibility index (Phi) is 4.76. The van der Waals surface area contributed by atoms with Crippen molar-refractivity contribution in [2.24, 2.45) is 0 Å². The lowest BCUT2D eigenvalue weighted by Gasteiger charge is -2.20. The number of ether oxygens (including phenoxy) is 1. The van der Waals surface area contributed by atoms with Gasteiger partial charge in [0.05, 0.1) is 5.69 Å². The summed E-state index contributed by atoms with van der Waals surface area (Å²) in [5.41, 5.74) is 1.63. The van der Waals surface area contributed by atoms with Crippen molar-refractivity contribution in [2.45, 2.75) is 26.0 Å². The molecule has 1 unspecified atom stereocenters. The summed E-state index contributed by atoms with van der Waals surface area (Å²) < 4.78 is 33.4. The zero-order valence-corrected chi connectivity index (χ0v) is 13.2. The van der Waals surface area contributed by atoms with Gasteiger partial charge in [0.2, 0.25) is 0 Å². The zero-order valence-electron chi connectivity index (χ0n) is 13.2. The molecule has 4 nitrogen and oxygen atoms in total. The number of amides is 1. The van der Waals surface area contributed by atoms with Gasteiger partial charge in [-0.15, -0.1) is 0 Å². The first-order valence-corrected chi connectivity index (χ1v) is 7.79. The van der Waals surface area contributed by atoms with Crippen molar-refractivity contribution < 1.29 is 18.3 Å². The van der Waals surface area contributed by atoms with Gasteiger partial charge in [0, 0.05) is 6.54 Å². The Balaban J connectivity index is 1.71. The monoisotopic (exact) mass is 332 g/mol. The molecule has 2 N–H and O–H groups in total. The third-order valence-corrected chi connectivity index (χ3v) is 3.97. The zero-order chi connectivity index (χ0) is 17.1. The minimum atomic E-state index is -0.959. The Morgan fingerprint density at radius 3 is 2.83 bits per heavy atom. The molecule has 0 saturated carbocycles. The fraction of sp³-hybridized carbons (Fsp3) is 0.278. The lowest BCUT2D eigenvalue weighted by molar-refractivity contribution is -0.122. The van der Waals surface area contributed by atoms with Crippen LogP contribution in [-0.2, 0) is 17.8 Å². The molecule has 3 rings (SSSR count). The molecule has 2 aromatic rings. The first-order valence-electron chi connectivity index (χ1n) is 7.79. The molecule has 0 saturated heterocycles. The van der Waals surface area contributed by atoms with Crippen LogP contribution in [0.5, 0.6) is 5.75 Å². The van der Waals surface area contributed by atoms with Gasteiger partial charge in [0.15, 0.2) is 17.7 Å². The fourth-order valence-electron chi connectivity index (χ4n) is 2.65. The summed E-state index contributed by atoms with van der Waals surface area (Å²) in [7, 11) is 0. The Morgan fingerprint density at radius 2 is 2.04 bits per heavy atom. The van der Waals surface area contributed by atoms with Crippen LogP contribution in [-0.4, -0.2) is 18.6 Å². The summed E-state index contributed by atoms with van der Waals surface area (Å²) in [5, 5.41) is 5.69. The maximum atomic E-state index is 14.5. The van der Waals surface area contributed by atoms with Crippen LogP contribution in [0.2, 0.25) is 0 Å². The van der Waals surface area contributed by atoms with Crippen molar-refractivity contribution in [1.29, 1.82) is 0 Å². The van der Waals surface area contributed by atoms with Crippen LogP contribution in [0, 0.1) is 11.6 Å². The highest BCUT2D eigenvalue weighted by atomic mass is 19.1. The molecule has 1 amide bonds. The van der Waals surface area contributed by atoms with E-state index in [9.17, 15) is 13.6 Å². The number of hydrogen-bond acceptors (Lipinski definition) is 3. The molecule has 1 atom stereocenters. The molecule has 2 aromatic carbocycles. The first kappa shape index (κ1) is 16.4. The normalized spacial score (nSPS) is 14.6. The Hall–Kier alpha value is -2.47. The van der Waals surface area contributed by atoms with Gasteiger partial charge in [-0.1, -0.05) is 18.2 Å². The van der Waals surface area contributed by atoms with Crippen molar-refractivity contribution >= 4 is 11.6 Å². The number of rotatable bonds is 4. The predicted octanol–water partition coefficient (Wildman–Crippen LogP) is 3.02. The smallest absolute Gasteiger partial charge is 0.265 e. The van der Waals surface area contributed by atoms with Crippen molar-refractivity contribution in [3.8, 4) is 5.75 Å². The highest BCUT2D eigenvalue weighted by molar-refractivity contribution is 5.94. The van der Waals surface area contributed by atoms with Gasteiger partial charge in [0.1, 0.15) is 5.82 Å². The van der Waals surface area contributed by atoms with E-state index in [-0.39, 0.29) is 11.4 Å². The van der Waals surface area contributed by atoms with E-state index in [1.807, 2.05) is 0 Å². The number of benzene rings is 2. The van der Waals surface area contributed by atoms with Crippen LogP contribution in [0.3, 0.4) is 0 Å². The first-order chi connectivity index (χ1) is 11.6. The number of para-hydroxylation sites is 1. The van der Waals surface area contributed by atoms with Crippen LogP contribution in [0.4, 0.5) is 14.5 Å². The average Bonchev–Trinajstić information content (AvgIpc) is 2.59. The van der Waals surface area contributed by atoms with Crippen LogP contribution in [0.25, 0.3) is 0 Å². The maximum Gasteiger partial charge on any atom is 0.265 e. The van der Waals surface area contributed by atoms with E-state index in [0.717, 1.165) is 5.56 Å². The van der Waals surface area contributed by atoms with E-state index >= 15 is 0 Å². The van der Waals surface area contributed by atoms with Crippen molar-refractivity contribution in [3.63, 3.8) is 0 Å². The van der Waals surface area contributed by atoms with Crippen LogP contribution in [0.15, 0.2) is 36.4 Å². The van der Waals surface area contributed by atoms with Gasteiger partial charge < -0.3 is 15.4 Å². The molecule has 1 heterocycles. The molecular weight excluding hydrogens is 314 g/mol. The van der Waals surface area contributed by atoms with Gasteiger partial charge in [0.25, 0.3) is 5.91 Å². The van der Waals surface area contributed by atoms with E-state index in [1.165, 1.54) is 31.2 Å². The second-order valence-corrected chi connectivity index (χ2v) is 5.67. The predicted molar refractivity (Wildman–Crippen MR) is 86.9 cm³/mol. The van der Waals surface area contributed by atoms with Crippen molar-refractivity contribution in [3.05, 3.63) is 59.2 Å². The van der Waals surface area contributed by atoms with Gasteiger partial charge in [-0.05, 0) is 49.2 Å². The SMILES string of the molecule is CC(Oc1ccccc1F)C(=O)Nc1ccc2c(c1F)CCNC2. The Labute approximate surface area is 138 Å². The van der Waals surface area contributed by atoms with Gasteiger partial charge >= 0.3 is 0 Å². The number of carbonyl (C=O) groups excluding carboxylic acids is 1. The Morgan fingerprint density at radius 1 is 1.25 bits per heavy atom. The lowest BCUT2D eigenvalue weighted by atomic mass is 9.99. The van der Waals surface area contributed by atoms with E-state index in [2.05, 4.69) is 10.6 Å². The van der Waals surface area contributed by atoms with E-state index in [0.29, 0.717) is 25.1 Å². The fourth-order valence-corrected chi connectivity index (χ4v) is 2.65. The minimum Gasteiger partial charge on any atom is -0.478 e. The van der Waals surface area contributed by atoms with Crippen molar-refractivity contribution in [1.82, 2.24) is 5.32 Å². The summed E-state index contributed by atoms with van der Waals surface area (Å²) in [6, 6.07) is 9.16. The largest absolute Gasteiger partial charge is 0.478 e. The Bertz CT molecular complexity index is 765. The quantitative estimate of drug-likeness (QED) is 0.905.